The van der Waals surface area contributed by atoms with Gasteiger partial charge in [-0.1, -0.05) is 11.3 Å². The van der Waals surface area contributed by atoms with Crippen LogP contribution in [0.4, 0.5) is 38.7 Å². The summed E-state index contributed by atoms with van der Waals surface area (Å²) in [7, 11) is -19.9. The van der Waals surface area contributed by atoms with E-state index >= 15 is 0 Å². The van der Waals surface area contributed by atoms with Gasteiger partial charge in [0.25, 0.3) is 5.00 Å². The molecule has 2 N–H and O–H groups in total. The molecule has 0 unspecified atom stereocenters. The number of azo groups is 1. The molecule has 3 aromatic carbocycles. The first-order valence-corrected chi connectivity index (χ1v) is 22.4. The second kappa shape index (κ2) is 21.8. The predicted octanol–water partition coefficient (Wildman–Crippen LogP) is -7.28. The first kappa shape index (κ1) is 55.9. The Labute approximate surface area is 416 Å². The SMILES string of the molecule is Cc1c(C#N)c(Nc2ccc(S(=O)(=O)[O-])cc2)nc(Nc2ccc(S(=O)(=O)[O-])cc2)c1N=Nc1sc(/N=N/[n+]2ccc3c(S(=O)(=O)[O-])cc(S(=O)(=O)[O-])cc3c2)cc1C#N.[Li+].[Li+].[Li+].[Li+]. The number of nitriles is 2. The van der Waals surface area contributed by atoms with Crippen molar-refractivity contribution in [2.45, 2.75) is 26.5 Å². The predicted molar refractivity (Wildman–Crippen MR) is 202 cm³/mol. The van der Waals surface area contributed by atoms with E-state index in [4.69, 9.17) is 0 Å². The van der Waals surface area contributed by atoms with Gasteiger partial charge in [0.15, 0.2) is 16.6 Å². The molecule has 0 aliphatic rings. The summed E-state index contributed by atoms with van der Waals surface area (Å²) in [4.78, 5) is 1.52. The van der Waals surface area contributed by atoms with Gasteiger partial charge < -0.3 is 28.8 Å². The summed E-state index contributed by atoms with van der Waals surface area (Å²) in [6, 6.07) is 16.8. The van der Waals surface area contributed by atoms with Crippen LogP contribution in [0, 0.1) is 29.6 Å². The minimum atomic E-state index is -5.21. The number of pyridine rings is 2. The fraction of sp³-hybridized carbons (Fsp3) is 0.0303. The molecule has 64 heavy (non-hydrogen) atoms. The van der Waals surface area contributed by atoms with E-state index in [0.29, 0.717) is 6.07 Å². The summed E-state index contributed by atoms with van der Waals surface area (Å²) in [5, 5.41) is 41.9. The number of aromatic nitrogens is 2. The van der Waals surface area contributed by atoms with Crippen LogP contribution < -0.4 is 90.8 Å². The van der Waals surface area contributed by atoms with Gasteiger partial charge in [0.2, 0.25) is 0 Å². The van der Waals surface area contributed by atoms with Gasteiger partial charge >= 0.3 is 75.4 Å². The standard InChI is InChI=1S/C33H22N10O12S5.4Li/c1-18-27(16-35)31(36-21-2-6-23(7-3-21)57(44,45)46)38-32(37-22-4-8-24(9-5-22)58(47,48)49)30(18)40-41-33-19(15-34)13-29(56-33)39-42-43-11-10-26-20(17-43)12-25(59(50,51)52)14-28(26)60(53,54)55;;;;/h2-14,17H,1H3,(H5-,36,37,38,44,45,46,47,48,49,50,51,52,53,54,55);;;;/q;4*+1/p-3/b41-40?,42-39+;;;;. The molecule has 3 aromatic heterocycles. The van der Waals surface area contributed by atoms with Crippen molar-refractivity contribution in [3.63, 3.8) is 0 Å². The van der Waals surface area contributed by atoms with Gasteiger partial charge in [-0.05, 0) is 73.7 Å². The largest absolute Gasteiger partial charge is 1.00 e. The van der Waals surface area contributed by atoms with Gasteiger partial charge in [-0.25, -0.2) is 38.7 Å². The maximum absolute atomic E-state index is 11.8. The van der Waals surface area contributed by atoms with Gasteiger partial charge in [0, 0.05) is 33.8 Å². The molecular formula is C33H19Li4N10O12S5+. The molecule has 3 heterocycles. The third-order valence-electron chi connectivity index (χ3n) is 8.02. The molecule has 0 bridgehead atoms. The normalized spacial score (nSPS) is 11.7. The van der Waals surface area contributed by atoms with Crippen molar-refractivity contribution in [3.8, 4) is 12.1 Å². The second-order valence-electron chi connectivity index (χ2n) is 11.9. The Morgan fingerprint density at radius 1 is 0.656 bits per heavy atom. The summed E-state index contributed by atoms with van der Waals surface area (Å²) in [6.07, 6.45) is 2.27. The minimum Gasteiger partial charge on any atom is -0.744 e. The van der Waals surface area contributed by atoms with E-state index in [9.17, 15) is 62.4 Å². The summed E-state index contributed by atoms with van der Waals surface area (Å²) in [6.45, 7) is 1.48. The van der Waals surface area contributed by atoms with E-state index in [1.165, 1.54) is 43.5 Å². The van der Waals surface area contributed by atoms with Crippen molar-refractivity contribution in [1.82, 2.24) is 4.98 Å². The maximum Gasteiger partial charge on any atom is 1.00 e. The zero-order valence-corrected chi connectivity index (χ0v) is 37.7. The fourth-order valence-corrected chi connectivity index (χ4v) is 8.25. The molecule has 31 heteroatoms. The first-order valence-electron chi connectivity index (χ1n) is 15.9. The molecule has 6 aromatic rings. The van der Waals surface area contributed by atoms with Crippen molar-refractivity contribution >= 4 is 101 Å². The Bertz CT molecular complexity index is 3370. The summed E-state index contributed by atoms with van der Waals surface area (Å²) in [5.41, 5.74) is 0.409. The van der Waals surface area contributed by atoms with Crippen molar-refractivity contribution in [1.29, 1.82) is 10.5 Å². The average molecular weight is 936 g/mol. The van der Waals surface area contributed by atoms with Crippen LogP contribution in [0.25, 0.3) is 10.8 Å². The number of thiophene rings is 1. The number of nitrogens with zero attached hydrogens (tertiary/aromatic N) is 8. The molecule has 0 atom stereocenters. The first-order chi connectivity index (χ1) is 28.0. The van der Waals surface area contributed by atoms with Gasteiger partial charge in [0.1, 0.15) is 75.9 Å². The third kappa shape index (κ3) is 13.2. The quantitative estimate of drug-likeness (QED) is 0.0498. The molecule has 0 saturated carbocycles. The summed E-state index contributed by atoms with van der Waals surface area (Å²) < 4.78 is 140. The smallest absolute Gasteiger partial charge is 0.744 e. The van der Waals surface area contributed by atoms with Gasteiger partial charge in [0.05, 0.1) is 35.8 Å². The number of hydrogen-bond donors (Lipinski definition) is 2. The fourth-order valence-electron chi connectivity index (χ4n) is 5.23. The van der Waals surface area contributed by atoms with E-state index in [0.717, 1.165) is 58.6 Å². The van der Waals surface area contributed by atoms with Crippen LogP contribution in [0.15, 0.2) is 125 Å². The molecule has 0 aliphatic carbocycles. The molecule has 0 fully saturated rings. The topological polar surface area (TPSA) is 367 Å². The van der Waals surface area contributed by atoms with E-state index in [1.54, 1.807) is 0 Å². The van der Waals surface area contributed by atoms with Crippen LogP contribution >= 0.6 is 11.3 Å². The van der Waals surface area contributed by atoms with Crippen LogP contribution in [-0.2, 0) is 40.5 Å². The number of anilines is 4. The van der Waals surface area contributed by atoms with Crippen LogP contribution in [-0.4, -0.2) is 56.9 Å². The number of nitrogens with one attached hydrogen (secondary N) is 2. The molecule has 0 spiro atoms. The monoisotopic (exact) mass is 935 g/mol. The molecule has 22 nitrogen and oxygen atoms in total. The zero-order valence-electron chi connectivity index (χ0n) is 33.6. The van der Waals surface area contributed by atoms with Crippen LogP contribution in [0.1, 0.15) is 16.7 Å². The van der Waals surface area contributed by atoms with Crippen molar-refractivity contribution in [3.05, 3.63) is 102 Å². The van der Waals surface area contributed by atoms with Crippen molar-refractivity contribution < 1.29 is 132 Å². The number of rotatable bonds is 12. The molecule has 306 valence electrons. The van der Waals surface area contributed by atoms with Crippen LogP contribution in [0.5, 0.6) is 0 Å². The molecule has 0 aliphatic heterocycles. The third-order valence-corrected chi connectivity index (χ3v) is 12.3. The minimum absolute atomic E-state index is 0. The van der Waals surface area contributed by atoms with E-state index < -0.39 is 60.1 Å². The Hall–Kier alpha value is -4.27. The maximum atomic E-state index is 11.8. The average Bonchev–Trinajstić information content (AvgIpc) is 3.57. The van der Waals surface area contributed by atoms with E-state index in [-0.39, 0.29) is 142 Å². The number of hydrogen-bond acceptors (Lipinski definition) is 22. The van der Waals surface area contributed by atoms with E-state index in [2.05, 4.69) is 36.2 Å². The van der Waals surface area contributed by atoms with Crippen molar-refractivity contribution in [2.75, 3.05) is 10.6 Å². The Morgan fingerprint density at radius 2 is 1.19 bits per heavy atom. The number of fused-ring (bicyclic) bond motifs is 1. The Morgan fingerprint density at radius 3 is 1.67 bits per heavy atom. The van der Waals surface area contributed by atoms with Crippen molar-refractivity contribution in [2.24, 2.45) is 20.6 Å². The molecule has 0 amide bonds. The molecule has 0 radical (unpaired) electrons. The second-order valence-corrected chi connectivity index (χ2v) is 18.4. The molecule has 6 rings (SSSR count). The number of benzene rings is 3. The summed E-state index contributed by atoms with van der Waals surface area (Å²) in [5.74, 6) is -0.162. The van der Waals surface area contributed by atoms with Gasteiger partial charge in [-0.3, -0.25) is 0 Å². The zero-order chi connectivity index (χ0) is 43.8. The molecule has 0 saturated heterocycles. The summed E-state index contributed by atoms with van der Waals surface area (Å²) >= 11 is 0.807. The van der Waals surface area contributed by atoms with Crippen LogP contribution in [0.2, 0.25) is 0 Å². The van der Waals surface area contributed by atoms with Gasteiger partial charge in [-0.15, -0.1) is 14.9 Å². The Kier molecular flexibility index (Phi) is 19.0. The van der Waals surface area contributed by atoms with Crippen LogP contribution in [0.3, 0.4) is 0 Å². The Balaban J connectivity index is 0.00000352. The van der Waals surface area contributed by atoms with E-state index in [1.807, 2.05) is 12.1 Å². The molecular weight excluding hydrogens is 917 g/mol. The van der Waals surface area contributed by atoms with Gasteiger partial charge in [-0.2, -0.15) is 10.5 Å².